The van der Waals surface area contributed by atoms with Gasteiger partial charge in [-0.3, -0.25) is 0 Å². The smallest absolute Gasteiger partial charge is 0.432 e. The molecule has 0 saturated carbocycles. The maximum absolute atomic E-state index is 14.7. The van der Waals surface area contributed by atoms with Crippen LogP contribution in [0.4, 0.5) is 17.6 Å². The van der Waals surface area contributed by atoms with E-state index in [1.807, 2.05) is 13.8 Å². The Morgan fingerprint density at radius 3 is 2.17 bits per heavy atom. The zero-order valence-electron chi connectivity index (χ0n) is 15.9. The molecule has 3 aromatic carbocycles. The molecule has 29 heavy (non-hydrogen) atoms. The molecule has 6 heteroatoms. The summed E-state index contributed by atoms with van der Waals surface area (Å²) in [5.41, 5.74) is 0.353. The molecule has 0 aliphatic heterocycles. The van der Waals surface area contributed by atoms with E-state index in [1.165, 1.54) is 24.3 Å². The van der Waals surface area contributed by atoms with E-state index in [9.17, 15) is 17.6 Å². The molecule has 0 aliphatic rings. The molecule has 0 heterocycles. The number of halogens is 4. The highest BCUT2D eigenvalue weighted by Crippen LogP contribution is 2.38. The van der Waals surface area contributed by atoms with Crippen LogP contribution in [0.3, 0.4) is 0 Å². The van der Waals surface area contributed by atoms with Gasteiger partial charge in [-0.25, -0.2) is 8.78 Å². The zero-order chi connectivity index (χ0) is 21.0. The van der Waals surface area contributed by atoms with Gasteiger partial charge in [0.05, 0.1) is 0 Å². The van der Waals surface area contributed by atoms with E-state index < -0.39 is 29.1 Å². The van der Waals surface area contributed by atoms with Crippen LogP contribution in [0.5, 0.6) is 17.2 Å². The van der Waals surface area contributed by atoms with Gasteiger partial charge in [-0.2, -0.15) is 8.78 Å². The van der Waals surface area contributed by atoms with E-state index in [-0.39, 0.29) is 11.5 Å². The molecule has 3 aromatic rings. The molecule has 0 amide bonds. The monoisotopic (exact) mass is 403 g/mol. The summed E-state index contributed by atoms with van der Waals surface area (Å²) in [6.45, 7) is 3.84. The van der Waals surface area contributed by atoms with Crippen LogP contribution < -0.4 is 9.47 Å². The number of benzene rings is 3. The van der Waals surface area contributed by atoms with Gasteiger partial charge in [0.1, 0.15) is 22.9 Å². The molecule has 0 fully saturated rings. The van der Waals surface area contributed by atoms with Crippen LogP contribution in [0.2, 0.25) is 0 Å². The lowest BCUT2D eigenvalue weighted by atomic mass is 10.1. The van der Waals surface area contributed by atoms with Gasteiger partial charge in [0, 0.05) is 6.07 Å². The number of alkyl halides is 2. The van der Waals surface area contributed by atoms with Gasteiger partial charge in [0.2, 0.25) is 0 Å². The van der Waals surface area contributed by atoms with Gasteiger partial charge < -0.3 is 9.47 Å². The van der Waals surface area contributed by atoms with Crippen molar-refractivity contribution in [2.24, 2.45) is 0 Å². The van der Waals surface area contributed by atoms with E-state index in [1.54, 1.807) is 24.3 Å². The fourth-order valence-corrected chi connectivity index (χ4v) is 2.76. The van der Waals surface area contributed by atoms with Crippen LogP contribution in [-0.4, -0.2) is 0 Å². The molecule has 2 nitrogen and oxygen atoms in total. The molecule has 3 rings (SSSR count). The topological polar surface area (TPSA) is 18.5 Å². The average Bonchev–Trinajstić information content (AvgIpc) is 2.67. The Kier molecular flexibility index (Phi) is 6.11. The average molecular weight is 403 g/mol. The van der Waals surface area contributed by atoms with Crippen LogP contribution in [0.25, 0.3) is 0 Å². The van der Waals surface area contributed by atoms with Gasteiger partial charge in [-0.1, -0.05) is 43.2 Å². The third-order valence-corrected chi connectivity index (χ3v) is 4.23. The normalized spacial score (nSPS) is 11.4. The molecule has 0 N–H and O–H groups in total. The number of aryl methyl sites for hydroxylation is 2. The van der Waals surface area contributed by atoms with E-state index in [4.69, 9.17) is 4.74 Å². The Bertz CT molecular complexity index is 967. The molecule has 0 bridgehead atoms. The lowest BCUT2D eigenvalue weighted by molar-refractivity contribution is -0.189. The number of rotatable bonds is 7. The van der Waals surface area contributed by atoms with E-state index in [0.717, 1.165) is 24.0 Å². The van der Waals surface area contributed by atoms with Crippen molar-refractivity contribution >= 4 is 0 Å². The minimum absolute atomic E-state index is 0.206. The third kappa shape index (κ3) is 4.88. The second-order valence-corrected chi connectivity index (χ2v) is 6.58. The molecule has 0 saturated heterocycles. The molecule has 151 valence electrons. The van der Waals surface area contributed by atoms with Crippen LogP contribution in [-0.2, 0) is 12.5 Å². The van der Waals surface area contributed by atoms with Crippen molar-refractivity contribution in [2.45, 2.75) is 32.8 Å². The van der Waals surface area contributed by atoms with Gasteiger partial charge in [0.15, 0.2) is 11.6 Å². The minimum atomic E-state index is -4.25. The predicted molar refractivity (Wildman–Crippen MR) is 101 cm³/mol. The maximum atomic E-state index is 14.7. The first kappa shape index (κ1) is 20.7. The molecule has 0 unspecified atom stereocenters. The summed E-state index contributed by atoms with van der Waals surface area (Å²) in [4.78, 5) is 0. The van der Waals surface area contributed by atoms with Crippen molar-refractivity contribution in [3.8, 4) is 17.2 Å². The fraction of sp³-hybridized carbons (Fsp3) is 0.217. The Labute approximate surface area is 166 Å². The van der Waals surface area contributed by atoms with Crippen molar-refractivity contribution < 1.29 is 27.0 Å². The molecule has 0 atom stereocenters. The summed E-state index contributed by atoms with van der Waals surface area (Å²) in [5.74, 6) is -3.70. The highest BCUT2D eigenvalue weighted by Gasteiger charge is 2.42. The third-order valence-electron chi connectivity index (χ3n) is 4.23. The fourth-order valence-electron chi connectivity index (χ4n) is 2.76. The van der Waals surface area contributed by atoms with E-state index >= 15 is 0 Å². The van der Waals surface area contributed by atoms with Crippen LogP contribution in [0, 0.1) is 24.6 Å². The summed E-state index contributed by atoms with van der Waals surface area (Å²) in [5, 5.41) is 0. The van der Waals surface area contributed by atoms with Crippen LogP contribution in [0.1, 0.15) is 30.0 Å². The molecule has 0 spiro atoms. The van der Waals surface area contributed by atoms with Crippen molar-refractivity contribution in [1.29, 1.82) is 0 Å². The first-order valence-corrected chi connectivity index (χ1v) is 9.10. The van der Waals surface area contributed by atoms with Gasteiger partial charge in [0.25, 0.3) is 0 Å². The summed E-state index contributed by atoms with van der Waals surface area (Å²) >= 11 is 0. The first-order chi connectivity index (χ1) is 13.8. The largest absolute Gasteiger partial charge is 0.454 e. The Balaban J connectivity index is 1.88. The molecule has 0 aromatic heterocycles. The van der Waals surface area contributed by atoms with E-state index in [0.29, 0.717) is 6.07 Å². The number of ether oxygens (including phenoxy) is 2. The van der Waals surface area contributed by atoms with Crippen LogP contribution >= 0.6 is 0 Å². The lowest BCUT2D eigenvalue weighted by Gasteiger charge is -2.20. The van der Waals surface area contributed by atoms with Gasteiger partial charge in [-0.15, -0.1) is 0 Å². The van der Waals surface area contributed by atoms with Crippen molar-refractivity contribution in [1.82, 2.24) is 0 Å². The molecule has 1 radical (unpaired) electrons. The Morgan fingerprint density at radius 1 is 0.931 bits per heavy atom. The van der Waals surface area contributed by atoms with Crippen molar-refractivity contribution in [2.75, 3.05) is 0 Å². The summed E-state index contributed by atoms with van der Waals surface area (Å²) < 4.78 is 67.9. The highest BCUT2D eigenvalue weighted by molar-refractivity contribution is 5.38. The molecule has 0 aliphatic carbocycles. The standard InChI is InChI=1S/C23H19F4O2/c1-3-4-16-7-11-18(12-8-16)29-23(26,27)21-19(24)13-14-20(22(21)25)28-17-9-5-15(2)6-10-17/h5-13H,3-4H2,1-2H3. The summed E-state index contributed by atoms with van der Waals surface area (Å²) in [7, 11) is 0. The van der Waals surface area contributed by atoms with Gasteiger partial charge in [-0.05, 0) is 49.2 Å². The van der Waals surface area contributed by atoms with Crippen molar-refractivity contribution in [3.05, 3.63) is 89.0 Å². The second-order valence-electron chi connectivity index (χ2n) is 6.58. The number of hydrogen-bond donors (Lipinski definition) is 0. The Morgan fingerprint density at radius 2 is 1.55 bits per heavy atom. The molecular formula is C23H19F4O2. The van der Waals surface area contributed by atoms with E-state index in [2.05, 4.69) is 10.8 Å². The highest BCUT2D eigenvalue weighted by atomic mass is 19.3. The zero-order valence-corrected chi connectivity index (χ0v) is 15.9. The molecular weight excluding hydrogens is 384 g/mol. The SMILES string of the molecule is CCCc1ccc(OC(F)(F)c2c(F)c[c]c(Oc3ccc(C)cc3)c2F)cc1. The maximum Gasteiger partial charge on any atom is 0.432 e. The first-order valence-electron chi connectivity index (χ1n) is 9.10. The predicted octanol–water partition coefficient (Wildman–Crippen LogP) is 6.95. The number of hydrogen-bond acceptors (Lipinski definition) is 2. The summed E-state index contributed by atoms with van der Waals surface area (Å²) in [6, 6.07) is 15.2. The minimum Gasteiger partial charge on any atom is -0.454 e. The lowest BCUT2D eigenvalue weighted by Crippen LogP contribution is -2.25. The summed E-state index contributed by atoms with van der Waals surface area (Å²) in [6.07, 6.45) is -2.56. The van der Waals surface area contributed by atoms with Crippen molar-refractivity contribution in [3.63, 3.8) is 0 Å². The Hall–Kier alpha value is -3.02. The second kappa shape index (κ2) is 8.55. The van der Waals surface area contributed by atoms with Gasteiger partial charge >= 0.3 is 6.11 Å². The quantitative estimate of drug-likeness (QED) is 0.398. The van der Waals surface area contributed by atoms with Crippen LogP contribution in [0.15, 0.2) is 54.6 Å².